The Morgan fingerprint density at radius 3 is 2.77 bits per heavy atom. The van der Waals surface area contributed by atoms with Crippen molar-refractivity contribution in [3.8, 4) is 5.75 Å². The maximum Gasteiger partial charge on any atom is 0.306 e. The molecule has 0 bridgehead atoms. The normalized spacial score (nSPS) is 9.62. The van der Waals surface area contributed by atoms with Gasteiger partial charge in [-0.3, -0.25) is 4.79 Å². The van der Waals surface area contributed by atoms with E-state index in [0.29, 0.717) is 0 Å². The number of benzene rings is 1. The third-order valence-corrected chi connectivity index (χ3v) is 1.41. The number of halogens is 1. The third kappa shape index (κ3) is 3.11. The van der Waals surface area contributed by atoms with Gasteiger partial charge in [-0.2, -0.15) is 0 Å². The Morgan fingerprint density at radius 2 is 2.15 bits per heavy atom. The number of carboxylic acid groups (broad SMARTS) is 1. The number of ether oxygens (including phenoxy) is 1. The molecule has 0 aliphatic heterocycles. The monoisotopic (exact) mass is 184 g/mol. The van der Waals surface area contributed by atoms with Gasteiger partial charge in [0.05, 0.1) is 13.0 Å². The van der Waals surface area contributed by atoms with Crippen LogP contribution in [0.15, 0.2) is 24.3 Å². The number of para-hydroxylation sites is 1. The van der Waals surface area contributed by atoms with Gasteiger partial charge < -0.3 is 9.84 Å². The second-order valence-electron chi connectivity index (χ2n) is 2.42. The lowest BCUT2D eigenvalue weighted by atomic mass is 10.3. The van der Waals surface area contributed by atoms with Crippen molar-refractivity contribution in [1.29, 1.82) is 0 Å². The summed E-state index contributed by atoms with van der Waals surface area (Å²) in [5.74, 6) is -1.35. The molecule has 0 fully saturated rings. The molecule has 70 valence electrons. The maximum absolute atomic E-state index is 12.8. The molecule has 0 saturated heterocycles. The van der Waals surface area contributed by atoms with Crippen LogP contribution in [0.25, 0.3) is 0 Å². The van der Waals surface area contributed by atoms with E-state index in [0.717, 1.165) is 0 Å². The van der Waals surface area contributed by atoms with E-state index in [-0.39, 0.29) is 18.8 Å². The van der Waals surface area contributed by atoms with Gasteiger partial charge in [0.25, 0.3) is 0 Å². The summed E-state index contributed by atoms with van der Waals surface area (Å²) in [6.07, 6.45) is -0.131. The van der Waals surface area contributed by atoms with E-state index in [2.05, 4.69) is 0 Å². The zero-order chi connectivity index (χ0) is 9.68. The SMILES string of the molecule is O=C(O)CCOc1ccccc1F. The maximum atomic E-state index is 12.8. The molecule has 0 saturated carbocycles. The van der Waals surface area contributed by atoms with Gasteiger partial charge >= 0.3 is 5.97 Å². The van der Waals surface area contributed by atoms with Gasteiger partial charge in [0.15, 0.2) is 11.6 Å². The van der Waals surface area contributed by atoms with Gasteiger partial charge in [0.1, 0.15) is 0 Å². The van der Waals surface area contributed by atoms with E-state index >= 15 is 0 Å². The Morgan fingerprint density at radius 1 is 1.46 bits per heavy atom. The van der Waals surface area contributed by atoms with Crippen molar-refractivity contribution in [3.05, 3.63) is 30.1 Å². The van der Waals surface area contributed by atoms with Crippen LogP contribution in [-0.4, -0.2) is 17.7 Å². The Bertz CT molecular complexity index is 299. The van der Waals surface area contributed by atoms with Crippen LogP contribution in [-0.2, 0) is 4.79 Å². The van der Waals surface area contributed by atoms with E-state index < -0.39 is 11.8 Å². The second kappa shape index (κ2) is 4.45. The number of rotatable bonds is 4. The summed E-state index contributed by atoms with van der Waals surface area (Å²) in [6, 6.07) is 5.88. The Balaban J connectivity index is 2.45. The fraction of sp³-hybridized carbons (Fsp3) is 0.222. The van der Waals surface area contributed by atoms with Crippen LogP contribution in [0.2, 0.25) is 0 Å². The minimum absolute atomic E-state index is 0.0176. The molecule has 0 aromatic heterocycles. The summed E-state index contributed by atoms with van der Waals surface area (Å²) in [5.41, 5.74) is 0. The lowest BCUT2D eigenvalue weighted by molar-refractivity contribution is -0.137. The zero-order valence-corrected chi connectivity index (χ0v) is 6.87. The van der Waals surface area contributed by atoms with Gasteiger partial charge in [-0.15, -0.1) is 0 Å². The minimum Gasteiger partial charge on any atom is -0.490 e. The predicted octanol–water partition coefficient (Wildman–Crippen LogP) is 1.68. The topological polar surface area (TPSA) is 46.5 Å². The van der Waals surface area contributed by atoms with Crippen LogP contribution in [0, 0.1) is 5.82 Å². The highest BCUT2D eigenvalue weighted by Crippen LogP contribution is 2.15. The molecular formula is C9H9FO3. The molecule has 1 N–H and O–H groups in total. The lowest BCUT2D eigenvalue weighted by Crippen LogP contribution is -2.05. The summed E-state index contributed by atoms with van der Waals surface area (Å²) in [4.78, 5) is 10.1. The highest BCUT2D eigenvalue weighted by atomic mass is 19.1. The van der Waals surface area contributed by atoms with Crippen LogP contribution in [0.1, 0.15) is 6.42 Å². The molecule has 13 heavy (non-hydrogen) atoms. The van der Waals surface area contributed by atoms with Crippen molar-refractivity contribution in [3.63, 3.8) is 0 Å². The molecule has 0 atom stereocenters. The third-order valence-electron chi connectivity index (χ3n) is 1.41. The van der Waals surface area contributed by atoms with Crippen molar-refractivity contribution in [2.24, 2.45) is 0 Å². The molecule has 4 heteroatoms. The first-order chi connectivity index (χ1) is 6.20. The number of hydrogen-bond donors (Lipinski definition) is 1. The molecule has 0 aliphatic carbocycles. The van der Waals surface area contributed by atoms with Crippen LogP contribution in [0.4, 0.5) is 4.39 Å². The van der Waals surface area contributed by atoms with Crippen molar-refractivity contribution >= 4 is 5.97 Å². The van der Waals surface area contributed by atoms with Gasteiger partial charge in [-0.25, -0.2) is 4.39 Å². The molecule has 1 aromatic rings. The Hall–Kier alpha value is -1.58. The molecule has 0 unspecified atom stereocenters. The summed E-state index contributed by atoms with van der Waals surface area (Å²) in [6.45, 7) is -0.0176. The second-order valence-corrected chi connectivity index (χ2v) is 2.42. The van der Waals surface area contributed by atoms with Gasteiger partial charge in [-0.05, 0) is 12.1 Å². The summed E-state index contributed by atoms with van der Waals surface area (Å²) >= 11 is 0. The summed E-state index contributed by atoms with van der Waals surface area (Å²) in [7, 11) is 0. The highest BCUT2D eigenvalue weighted by Gasteiger charge is 2.02. The summed E-state index contributed by atoms with van der Waals surface area (Å²) in [5, 5.41) is 8.29. The average Bonchev–Trinajstić information content (AvgIpc) is 2.08. The van der Waals surface area contributed by atoms with Crippen LogP contribution in [0.3, 0.4) is 0 Å². The number of carbonyl (C=O) groups is 1. The number of hydrogen-bond acceptors (Lipinski definition) is 2. The molecule has 0 heterocycles. The molecule has 3 nitrogen and oxygen atoms in total. The van der Waals surface area contributed by atoms with Crippen molar-refractivity contribution in [2.45, 2.75) is 6.42 Å². The minimum atomic E-state index is -0.962. The molecule has 1 aromatic carbocycles. The fourth-order valence-electron chi connectivity index (χ4n) is 0.810. The lowest BCUT2D eigenvalue weighted by Gasteiger charge is -2.04. The van der Waals surface area contributed by atoms with E-state index in [1.165, 1.54) is 12.1 Å². The van der Waals surface area contributed by atoms with Crippen LogP contribution >= 0.6 is 0 Å². The highest BCUT2D eigenvalue weighted by molar-refractivity contribution is 5.66. The number of aliphatic carboxylic acids is 1. The van der Waals surface area contributed by atoms with Gasteiger partial charge in [0, 0.05) is 0 Å². The smallest absolute Gasteiger partial charge is 0.306 e. The predicted molar refractivity (Wildman–Crippen MR) is 44.1 cm³/mol. The average molecular weight is 184 g/mol. The Kier molecular flexibility index (Phi) is 3.25. The summed E-state index contributed by atoms with van der Waals surface area (Å²) < 4.78 is 17.7. The van der Waals surface area contributed by atoms with E-state index in [1.54, 1.807) is 12.1 Å². The molecule has 1 rings (SSSR count). The van der Waals surface area contributed by atoms with Crippen molar-refractivity contribution < 1.29 is 19.0 Å². The van der Waals surface area contributed by atoms with Gasteiger partial charge in [-0.1, -0.05) is 12.1 Å². The van der Waals surface area contributed by atoms with Crippen LogP contribution in [0.5, 0.6) is 5.75 Å². The van der Waals surface area contributed by atoms with Gasteiger partial charge in [0.2, 0.25) is 0 Å². The fourth-order valence-corrected chi connectivity index (χ4v) is 0.810. The zero-order valence-electron chi connectivity index (χ0n) is 6.87. The van der Waals surface area contributed by atoms with Crippen molar-refractivity contribution in [1.82, 2.24) is 0 Å². The van der Waals surface area contributed by atoms with Crippen molar-refractivity contribution in [2.75, 3.05) is 6.61 Å². The molecule has 0 aliphatic rings. The molecule has 0 spiro atoms. The first-order valence-corrected chi connectivity index (χ1v) is 3.79. The largest absolute Gasteiger partial charge is 0.490 e. The number of carboxylic acids is 1. The molecular weight excluding hydrogens is 175 g/mol. The molecule has 0 amide bonds. The Labute approximate surface area is 74.8 Å². The first-order valence-electron chi connectivity index (χ1n) is 3.79. The molecule has 0 radical (unpaired) electrons. The van der Waals surface area contributed by atoms with E-state index in [1.807, 2.05) is 0 Å². The standard InChI is InChI=1S/C9H9FO3/c10-7-3-1-2-4-8(7)13-6-5-9(11)12/h1-4H,5-6H2,(H,11,12). The van der Waals surface area contributed by atoms with Crippen LogP contribution < -0.4 is 4.74 Å². The first kappa shape index (κ1) is 9.51. The quantitative estimate of drug-likeness (QED) is 0.774. The van der Waals surface area contributed by atoms with E-state index in [4.69, 9.17) is 9.84 Å². The van der Waals surface area contributed by atoms with E-state index in [9.17, 15) is 9.18 Å².